The Hall–Kier alpha value is -3.53. The first-order valence-corrected chi connectivity index (χ1v) is 12.5. The minimum absolute atomic E-state index is 0.0197. The summed E-state index contributed by atoms with van der Waals surface area (Å²) >= 11 is 0. The van der Waals surface area contributed by atoms with E-state index in [2.05, 4.69) is 17.6 Å². The summed E-state index contributed by atoms with van der Waals surface area (Å²) in [5, 5.41) is 10.6. The number of carbonyl (C=O) groups is 3. The summed E-state index contributed by atoms with van der Waals surface area (Å²) in [4.78, 5) is 37.4. The monoisotopic (exact) mass is 488 g/mol. The van der Waals surface area contributed by atoms with Crippen LogP contribution in [0.15, 0.2) is 77.5 Å². The van der Waals surface area contributed by atoms with Gasteiger partial charge in [0.15, 0.2) is 12.3 Å². The van der Waals surface area contributed by atoms with Gasteiger partial charge < -0.3 is 15.2 Å². The molecule has 2 aromatic carbocycles. The highest BCUT2D eigenvalue weighted by atomic mass is 33.1. The average Bonchev–Trinajstić information content (AvgIpc) is 2.79. The smallest absolute Gasteiger partial charge is 0.360 e. The zero-order valence-corrected chi connectivity index (χ0v) is 19.1. The summed E-state index contributed by atoms with van der Waals surface area (Å²) in [6.45, 7) is 4.47. The molecule has 2 unspecified atom stereocenters. The number of carboxylic acids is 1. The number of ether oxygens (including phenoxy) is 1. The van der Waals surface area contributed by atoms with E-state index in [9.17, 15) is 27.9 Å². The largest absolute Gasteiger partial charge is 0.484 e. The van der Waals surface area contributed by atoms with Crippen molar-refractivity contribution >= 4 is 37.4 Å². The lowest BCUT2D eigenvalue weighted by Crippen LogP contribution is -2.69. The van der Waals surface area contributed by atoms with Gasteiger partial charge in [-0.1, -0.05) is 48.7 Å². The number of aliphatic carboxylic acids is 1. The van der Waals surface area contributed by atoms with Crippen molar-refractivity contribution in [1.29, 1.82) is 0 Å². The number of carboxylic acid groups (broad SMARTS) is 1. The van der Waals surface area contributed by atoms with Crippen LogP contribution < -0.4 is 10.1 Å². The van der Waals surface area contributed by atoms with E-state index in [4.69, 9.17) is 4.74 Å². The van der Waals surface area contributed by atoms with Crippen molar-refractivity contribution in [2.24, 2.45) is 0 Å². The van der Waals surface area contributed by atoms with Gasteiger partial charge in [0.1, 0.15) is 17.2 Å². The van der Waals surface area contributed by atoms with Crippen LogP contribution in [0.25, 0.3) is 0 Å². The molecule has 2 N–H and O–H groups in total. The van der Waals surface area contributed by atoms with Gasteiger partial charge in [0.2, 0.25) is 8.87 Å². The fraction of sp³-hybridized carbons (Fsp3) is 0.182. The molecule has 2 atom stereocenters. The zero-order chi connectivity index (χ0) is 24.2. The third kappa shape index (κ3) is 5.28. The molecule has 1 saturated heterocycles. The first-order valence-electron chi connectivity index (χ1n) is 9.58. The van der Waals surface area contributed by atoms with E-state index in [0.717, 1.165) is 4.90 Å². The van der Waals surface area contributed by atoms with Crippen molar-refractivity contribution in [3.8, 4) is 5.75 Å². The second-order valence-electron chi connectivity index (χ2n) is 6.89. The molecule has 0 bridgehead atoms. The maximum Gasteiger partial charge on any atom is 0.360 e. The van der Waals surface area contributed by atoms with E-state index in [0.29, 0.717) is 22.1 Å². The van der Waals surface area contributed by atoms with Crippen molar-refractivity contribution in [2.75, 3.05) is 6.61 Å². The Bertz CT molecular complexity index is 1240. The Morgan fingerprint density at radius 2 is 1.82 bits per heavy atom. The Morgan fingerprint density at radius 1 is 1.18 bits per heavy atom. The van der Waals surface area contributed by atoms with Crippen molar-refractivity contribution < 1.29 is 32.6 Å². The van der Waals surface area contributed by atoms with Crippen LogP contribution in [0.3, 0.4) is 0 Å². The van der Waals surface area contributed by atoms with E-state index in [1.807, 2.05) is 0 Å². The van der Waals surface area contributed by atoms with Gasteiger partial charge in [0.05, 0.1) is 4.90 Å². The van der Waals surface area contributed by atoms with Gasteiger partial charge in [-0.05, 0) is 30.7 Å². The van der Waals surface area contributed by atoms with Gasteiger partial charge in [-0.25, -0.2) is 13.2 Å². The molecule has 3 rings (SSSR count). The molecule has 172 valence electrons. The Morgan fingerprint density at radius 3 is 2.42 bits per heavy atom. The topological polar surface area (TPSA) is 130 Å². The molecule has 0 saturated carbocycles. The van der Waals surface area contributed by atoms with Crippen LogP contribution in [-0.4, -0.2) is 54.2 Å². The molecule has 0 aromatic heterocycles. The first kappa shape index (κ1) is 24.1. The summed E-state index contributed by atoms with van der Waals surface area (Å²) in [5.74, 6) is -2.54. The fourth-order valence-electron chi connectivity index (χ4n) is 3.10. The Balaban J connectivity index is 1.82. The SMILES string of the molecule is C=C=C(C(=O)O)N1C(=O)C(NC(=O)COc2ccccc2)C1SS(=O)(=O)c1ccccc1C. The molecule has 33 heavy (non-hydrogen) atoms. The van der Waals surface area contributed by atoms with Crippen LogP contribution >= 0.6 is 10.8 Å². The van der Waals surface area contributed by atoms with Gasteiger partial charge in [0.25, 0.3) is 11.8 Å². The molecule has 2 aromatic rings. The van der Waals surface area contributed by atoms with Crippen LogP contribution in [0, 0.1) is 6.92 Å². The number of aryl methyl sites for hydroxylation is 1. The lowest BCUT2D eigenvalue weighted by Gasteiger charge is -2.45. The number of benzene rings is 2. The molecule has 0 spiro atoms. The van der Waals surface area contributed by atoms with Gasteiger partial charge >= 0.3 is 5.97 Å². The van der Waals surface area contributed by atoms with Gasteiger partial charge in [-0.15, -0.1) is 0 Å². The Labute approximate surface area is 194 Å². The van der Waals surface area contributed by atoms with Crippen LogP contribution in [-0.2, 0) is 23.3 Å². The highest BCUT2D eigenvalue weighted by Gasteiger charge is 2.54. The van der Waals surface area contributed by atoms with E-state index in [-0.39, 0.29) is 4.90 Å². The lowest BCUT2D eigenvalue weighted by atomic mass is 10.1. The number of hydrogen-bond acceptors (Lipinski definition) is 7. The molecule has 1 aliphatic rings. The summed E-state index contributed by atoms with van der Waals surface area (Å²) in [6, 6.07) is 13.5. The summed E-state index contributed by atoms with van der Waals surface area (Å²) in [6.07, 6.45) is 0. The minimum Gasteiger partial charge on any atom is -0.484 e. The normalized spacial score (nSPS) is 17.5. The molecule has 2 amide bonds. The predicted octanol–water partition coefficient (Wildman–Crippen LogP) is 1.90. The van der Waals surface area contributed by atoms with E-state index >= 15 is 0 Å². The highest BCUT2D eigenvalue weighted by molar-refractivity contribution is 8.72. The predicted molar refractivity (Wildman–Crippen MR) is 121 cm³/mol. The summed E-state index contributed by atoms with van der Waals surface area (Å²) in [5.41, 5.74) is 2.02. The zero-order valence-electron chi connectivity index (χ0n) is 17.4. The maximum atomic E-state index is 13.0. The third-order valence-corrected chi connectivity index (χ3v) is 8.49. The molecular formula is C22H20N2O7S2. The van der Waals surface area contributed by atoms with Crippen LogP contribution in [0.5, 0.6) is 5.75 Å². The molecule has 1 aliphatic heterocycles. The van der Waals surface area contributed by atoms with Gasteiger partial charge in [0, 0.05) is 10.8 Å². The molecule has 11 heteroatoms. The number of hydrogen-bond donors (Lipinski definition) is 2. The molecule has 9 nitrogen and oxygen atoms in total. The molecule has 1 fully saturated rings. The van der Waals surface area contributed by atoms with E-state index in [1.165, 1.54) is 6.07 Å². The average molecular weight is 489 g/mol. The summed E-state index contributed by atoms with van der Waals surface area (Å²) in [7, 11) is -3.65. The van der Waals surface area contributed by atoms with Crippen LogP contribution in [0.2, 0.25) is 0 Å². The number of rotatable bonds is 9. The number of para-hydroxylation sites is 1. The minimum atomic E-state index is -4.01. The van der Waals surface area contributed by atoms with Crippen molar-refractivity contribution in [3.63, 3.8) is 0 Å². The first-order chi connectivity index (χ1) is 15.7. The molecule has 1 heterocycles. The number of β-lactam (4-membered cyclic amide) rings is 1. The van der Waals surface area contributed by atoms with Crippen LogP contribution in [0.1, 0.15) is 5.56 Å². The maximum absolute atomic E-state index is 13.0. The standard InChI is InChI=1S/C22H20N2O7S2/c1-3-16(22(27)28)24-20(26)19(23-18(25)13-31-15-10-5-4-6-11-15)21(24)32-33(29,30)17-12-8-7-9-14(17)2/h4-12,19,21H,1,13H2,2H3,(H,23,25)(H,27,28). The quantitative estimate of drug-likeness (QED) is 0.237. The number of amides is 2. The second-order valence-corrected chi connectivity index (χ2v) is 10.8. The molecule has 0 radical (unpaired) electrons. The van der Waals surface area contributed by atoms with Gasteiger partial charge in [-0.2, -0.15) is 0 Å². The molecule has 0 aliphatic carbocycles. The number of nitrogens with zero attached hydrogens (tertiary/aromatic N) is 1. The van der Waals surface area contributed by atoms with Gasteiger partial charge in [-0.3, -0.25) is 14.5 Å². The van der Waals surface area contributed by atoms with Crippen molar-refractivity contribution in [1.82, 2.24) is 10.2 Å². The van der Waals surface area contributed by atoms with Crippen molar-refractivity contribution in [3.05, 3.63) is 78.2 Å². The summed E-state index contributed by atoms with van der Waals surface area (Å²) < 4.78 is 31.4. The number of carbonyl (C=O) groups excluding carboxylic acids is 2. The number of nitrogens with one attached hydrogen (secondary N) is 1. The lowest BCUT2D eigenvalue weighted by molar-refractivity contribution is -0.150. The molecular weight excluding hydrogens is 468 g/mol. The highest BCUT2D eigenvalue weighted by Crippen LogP contribution is 2.39. The fourth-order valence-corrected chi connectivity index (χ4v) is 7.00. The van der Waals surface area contributed by atoms with E-state index in [1.54, 1.807) is 55.5 Å². The second kappa shape index (κ2) is 9.95. The number of likely N-dealkylation sites (tertiary alicyclic amines) is 1. The third-order valence-electron chi connectivity index (χ3n) is 4.67. The van der Waals surface area contributed by atoms with Crippen molar-refractivity contribution in [2.45, 2.75) is 23.2 Å². The Kier molecular flexibility index (Phi) is 7.27. The van der Waals surface area contributed by atoms with E-state index < -0.39 is 50.4 Å². The van der Waals surface area contributed by atoms with Crippen LogP contribution in [0.4, 0.5) is 0 Å².